The van der Waals surface area contributed by atoms with Crippen LogP contribution in [0.5, 0.6) is 0 Å². The molecule has 0 radical (unpaired) electrons. The van der Waals surface area contributed by atoms with Crippen LogP contribution in [-0.4, -0.2) is 29.1 Å². The van der Waals surface area contributed by atoms with Crippen LogP contribution >= 0.6 is 22.6 Å². The summed E-state index contributed by atoms with van der Waals surface area (Å²) in [6.07, 6.45) is 1.68. The summed E-state index contributed by atoms with van der Waals surface area (Å²) in [5.74, 6) is 0.304. The van der Waals surface area contributed by atoms with Gasteiger partial charge in [-0.3, -0.25) is 4.79 Å². The topological polar surface area (TPSA) is 77.2 Å². The molecule has 0 saturated carbocycles. The standard InChI is InChI=1S/C12H18IN3O2/c1-12(2,3)18-11(17)9(14)7-16-10-8(13)5-4-6-15-10/h4-6,9H,7,14H2,1-3H3,(H,15,16). The summed E-state index contributed by atoms with van der Waals surface area (Å²) in [4.78, 5) is 15.8. The van der Waals surface area contributed by atoms with Crippen molar-refractivity contribution >= 4 is 34.4 Å². The largest absolute Gasteiger partial charge is 0.459 e. The molecule has 0 aromatic carbocycles. The molecule has 5 nitrogen and oxygen atoms in total. The van der Waals surface area contributed by atoms with E-state index in [1.54, 1.807) is 6.20 Å². The first-order valence-electron chi connectivity index (χ1n) is 5.62. The number of nitrogens with one attached hydrogen (secondary N) is 1. The van der Waals surface area contributed by atoms with Crippen molar-refractivity contribution in [1.29, 1.82) is 0 Å². The minimum atomic E-state index is -0.706. The van der Waals surface area contributed by atoms with Gasteiger partial charge in [-0.25, -0.2) is 4.98 Å². The lowest BCUT2D eigenvalue weighted by Crippen LogP contribution is -2.42. The fraction of sp³-hybridized carbons (Fsp3) is 0.500. The van der Waals surface area contributed by atoms with Gasteiger partial charge in [0.05, 0.1) is 3.57 Å². The maximum atomic E-state index is 11.7. The van der Waals surface area contributed by atoms with Crippen LogP contribution in [0.25, 0.3) is 0 Å². The van der Waals surface area contributed by atoms with Gasteiger partial charge in [0.15, 0.2) is 0 Å². The van der Waals surface area contributed by atoms with Crippen LogP contribution in [0.15, 0.2) is 18.3 Å². The number of hydrogen-bond donors (Lipinski definition) is 2. The molecule has 0 fully saturated rings. The van der Waals surface area contributed by atoms with Gasteiger partial charge in [0.25, 0.3) is 0 Å². The van der Waals surface area contributed by atoms with Crippen LogP contribution in [0.2, 0.25) is 0 Å². The van der Waals surface area contributed by atoms with Crippen LogP contribution in [0.1, 0.15) is 20.8 Å². The Hall–Kier alpha value is -0.890. The second-order valence-electron chi connectivity index (χ2n) is 4.85. The summed E-state index contributed by atoms with van der Waals surface area (Å²) in [5, 5.41) is 3.03. The van der Waals surface area contributed by atoms with E-state index in [0.29, 0.717) is 6.54 Å². The third-order valence-electron chi connectivity index (χ3n) is 1.96. The van der Waals surface area contributed by atoms with Crippen molar-refractivity contribution in [1.82, 2.24) is 4.98 Å². The molecule has 1 aromatic rings. The molecule has 1 atom stereocenters. The number of esters is 1. The molecule has 1 unspecified atom stereocenters. The Morgan fingerprint density at radius 2 is 2.28 bits per heavy atom. The van der Waals surface area contributed by atoms with E-state index in [-0.39, 0.29) is 0 Å². The van der Waals surface area contributed by atoms with Gasteiger partial charge in [-0.1, -0.05) is 0 Å². The van der Waals surface area contributed by atoms with Gasteiger partial charge in [0.1, 0.15) is 17.5 Å². The van der Waals surface area contributed by atoms with E-state index in [0.717, 1.165) is 9.39 Å². The monoisotopic (exact) mass is 363 g/mol. The van der Waals surface area contributed by atoms with Gasteiger partial charge in [-0.05, 0) is 55.5 Å². The summed E-state index contributed by atoms with van der Waals surface area (Å²) in [6.45, 7) is 5.73. The summed E-state index contributed by atoms with van der Waals surface area (Å²) in [7, 11) is 0. The number of carbonyl (C=O) groups is 1. The van der Waals surface area contributed by atoms with Crippen molar-refractivity contribution < 1.29 is 9.53 Å². The fourth-order valence-electron chi connectivity index (χ4n) is 1.18. The summed E-state index contributed by atoms with van der Waals surface area (Å²) in [6, 6.07) is 3.07. The van der Waals surface area contributed by atoms with E-state index in [9.17, 15) is 4.79 Å². The quantitative estimate of drug-likeness (QED) is 0.630. The van der Waals surface area contributed by atoms with Gasteiger partial charge in [0, 0.05) is 12.7 Å². The van der Waals surface area contributed by atoms with Crippen LogP contribution in [0.3, 0.4) is 0 Å². The third kappa shape index (κ3) is 5.18. The van der Waals surface area contributed by atoms with Crippen LogP contribution in [-0.2, 0) is 9.53 Å². The first-order chi connectivity index (χ1) is 8.29. The molecule has 3 N–H and O–H groups in total. The molecule has 0 aliphatic rings. The zero-order chi connectivity index (χ0) is 13.8. The number of nitrogens with two attached hydrogens (primary N) is 1. The smallest absolute Gasteiger partial charge is 0.325 e. The first kappa shape index (κ1) is 15.2. The molecule has 0 saturated heterocycles. The number of halogens is 1. The zero-order valence-corrected chi connectivity index (χ0v) is 12.9. The zero-order valence-electron chi connectivity index (χ0n) is 10.7. The molecule has 0 spiro atoms. The SMILES string of the molecule is CC(C)(C)OC(=O)C(N)CNc1ncccc1I. The third-order valence-corrected chi connectivity index (χ3v) is 2.83. The summed E-state index contributed by atoms with van der Waals surface area (Å²) < 4.78 is 6.17. The highest BCUT2D eigenvalue weighted by atomic mass is 127. The lowest BCUT2D eigenvalue weighted by molar-refractivity contribution is -0.156. The number of rotatable bonds is 4. The van der Waals surface area contributed by atoms with Gasteiger partial charge >= 0.3 is 5.97 Å². The minimum Gasteiger partial charge on any atom is -0.459 e. The van der Waals surface area contributed by atoms with Gasteiger partial charge < -0.3 is 15.8 Å². The Bertz CT molecular complexity index is 418. The molecular weight excluding hydrogens is 345 g/mol. The molecule has 0 aliphatic heterocycles. The number of carbonyl (C=O) groups excluding carboxylic acids is 1. The van der Waals surface area contributed by atoms with Gasteiger partial charge in [-0.2, -0.15) is 0 Å². The van der Waals surface area contributed by atoms with Crippen molar-refractivity contribution in [3.05, 3.63) is 21.9 Å². The number of hydrogen-bond acceptors (Lipinski definition) is 5. The predicted octanol–water partition coefficient (Wildman–Crippen LogP) is 1.77. The average molecular weight is 363 g/mol. The number of pyridine rings is 1. The van der Waals surface area contributed by atoms with Gasteiger partial charge in [0.2, 0.25) is 0 Å². The molecular formula is C12H18IN3O2. The molecule has 1 heterocycles. The molecule has 0 aliphatic carbocycles. The van der Waals surface area contributed by atoms with Crippen molar-refractivity contribution in [2.75, 3.05) is 11.9 Å². The molecule has 1 rings (SSSR count). The van der Waals surface area contributed by atoms with Crippen molar-refractivity contribution in [3.8, 4) is 0 Å². The van der Waals surface area contributed by atoms with E-state index < -0.39 is 17.6 Å². The van der Waals surface area contributed by atoms with Crippen molar-refractivity contribution in [2.24, 2.45) is 5.73 Å². The van der Waals surface area contributed by atoms with E-state index >= 15 is 0 Å². The highest BCUT2D eigenvalue weighted by Gasteiger charge is 2.22. The van der Waals surface area contributed by atoms with Crippen LogP contribution in [0.4, 0.5) is 5.82 Å². The number of nitrogens with zero attached hydrogens (tertiary/aromatic N) is 1. The summed E-state index contributed by atoms with van der Waals surface area (Å²) in [5.41, 5.74) is 5.24. The Morgan fingerprint density at radius 3 is 2.83 bits per heavy atom. The second-order valence-corrected chi connectivity index (χ2v) is 6.02. The molecule has 1 aromatic heterocycles. The Balaban J connectivity index is 2.49. The predicted molar refractivity (Wildman–Crippen MR) is 79.3 cm³/mol. The molecule has 100 valence electrons. The van der Waals surface area contributed by atoms with E-state index in [4.69, 9.17) is 10.5 Å². The highest BCUT2D eigenvalue weighted by molar-refractivity contribution is 14.1. The minimum absolute atomic E-state index is 0.294. The summed E-state index contributed by atoms with van der Waals surface area (Å²) >= 11 is 2.16. The molecule has 18 heavy (non-hydrogen) atoms. The second kappa shape index (κ2) is 6.33. The van der Waals surface area contributed by atoms with E-state index in [2.05, 4.69) is 32.9 Å². The first-order valence-corrected chi connectivity index (χ1v) is 6.70. The average Bonchev–Trinajstić information content (AvgIpc) is 2.25. The number of anilines is 1. The fourth-order valence-corrected chi connectivity index (χ4v) is 1.72. The van der Waals surface area contributed by atoms with Crippen molar-refractivity contribution in [2.45, 2.75) is 32.4 Å². The Morgan fingerprint density at radius 1 is 1.61 bits per heavy atom. The van der Waals surface area contributed by atoms with E-state index in [1.807, 2.05) is 32.9 Å². The molecule has 0 bridgehead atoms. The maximum Gasteiger partial charge on any atom is 0.325 e. The lowest BCUT2D eigenvalue weighted by atomic mass is 10.2. The Labute approximate surface area is 121 Å². The number of ether oxygens (including phenoxy) is 1. The van der Waals surface area contributed by atoms with E-state index in [1.165, 1.54) is 0 Å². The van der Waals surface area contributed by atoms with Crippen LogP contribution in [0, 0.1) is 3.57 Å². The van der Waals surface area contributed by atoms with Crippen LogP contribution < -0.4 is 11.1 Å². The molecule has 6 heteroatoms. The van der Waals surface area contributed by atoms with Gasteiger partial charge in [-0.15, -0.1) is 0 Å². The lowest BCUT2D eigenvalue weighted by Gasteiger charge is -2.22. The highest BCUT2D eigenvalue weighted by Crippen LogP contribution is 2.13. The van der Waals surface area contributed by atoms with Crippen molar-refractivity contribution in [3.63, 3.8) is 0 Å². The number of aromatic nitrogens is 1. The maximum absolute atomic E-state index is 11.7. The normalized spacial score (nSPS) is 12.9. The molecule has 0 amide bonds. The Kier molecular flexibility index (Phi) is 5.33.